The maximum absolute atomic E-state index is 5.73. The number of nitrogens with zero attached hydrogens (tertiary/aromatic N) is 1. The number of hydrogen-bond donors (Lipinski definition) is 1. The Kier molecular flexibility index (Phi) is 3.67. The maximum Gasteiger partial charge on any atom is 0.105 e. The summed E-state index contributed by atoms with van der Waals surface area (Å²) < 4.78 is 5.73. The van der Waals surface area contributed by atoms with E-state index in [1.54, 1.807) is 0 Å². The highest BCUT2D eigenvalue weighted by Crippen LogP contribution is 2.41. The van der Waals surface area contributed by atoms with E-state index < -0.39 is 0 Å². The molecule has 3 nitrogen and oxygen atoms in total. The average Bonchev–Trinajstić information content (AvgIpc) is 3.19. The van der Waals surface area contributed by atoms with Gasteiger partial charge in [0.05, 0.1) is 0 Å². The van der Waals surface area contributed by atoms with Crippen molar-refractivity contribution in [3.8, 4) is 0 Å². The molecule has 1 aromatic rings. The van der Waals surface area contributed by atoms with Gasteiger partial charge in [-0.25, -0.2) is 0 Å². The quantitative estimate of drug-likeness (QED) is 0.917. The van der Waals surface area contributed by atoms with Gasteiger partial charge in [0.25, 0.3) is 0 Å². The lowest BCUT2D eigenvalue weighted by Gasteiger charge is -2.36. The van der Waals surface area contributed by atoms with Crippen LogP contribution in [0.4, 0.5) is 0 Å². The van der Waals surface area contributed by atoms with Crippen LogP contribution < -0.4 is 5.32 Å². The number of hydrogen-bond acceptors (Lipinski definition) is 3. The molecule has 1 saturated heterocycles. The zero-order valence-corrected chi connectivity index (χ0v) is 13.3. The fraction of sp³-hybridized carbons (Fsp3) is 0.765. The molecule has 1 aliphatic carbocycles. The number of nitrogens with one attached hydrogen (secondary N) is 1. The third-order valence-corrected chi connectivity index (χ3v) is 5.24. The second kappa shape index (κ2) is 5.19. The molecule has 3 heteroatoms. The molecule has 0 aromatic carbocycles. The van der Waals surface area contributed by atoms with Crippen LogP contribution in [0, 0.1) is 19.8 Å². The van der Waals surface area contributed by atoms with E-state index in [0.29, 0.717) is 11.6 Å². The summed E-state index contributed by atoms with van der Waals surface area (Å²) in [5.74, 6) is 2.99. The molecule has 2 heterocycles. The van der Waals surface area contributed by atoms with Crippen LogP contribution in [0.3, 0.4) is 0 Å². The number of aryl methyl sites for hydroxylation is 2. The molecule has 1 N–H and O–H groups in total. The van der Waals surface area contributed by atoms with Gasteiger partial charge in [-0.05, 0) is 65.5 Å². The lowest BCUT2D eigenvalue weighted by Crippen LogP contribution is -2.51. The van der Waals surface area contributed by atoms with E-state index in [2.05, 4.69) is 37.1 Å². The van der Waals surface area contributed by atoms with Crippen molar-refractivity contribution in [3.05, 3.63) is 23.2 Å². The zero-order chi connectivity index (χ0) is 14.3. The molecular weight excluding hydrogens is 248 g/mol. The molecule has 0 spiro atoms. The lowest BCUT2D eigenvalue weighted by molar-refractivity contribution is 0.159. The van der Waals surface area contributed by atoms with Crippen LogP contribution in [-0.2, 0) is 0 Å². The van der Waals surface area contributed by atoms with Gasteiger partial charge in [0.15, 0.2) is 0 Å². The van der Waals surface area contributed by atoms with Crippen molar-refractivity contribution in [2.24, 2.45) is 5.92 Å². The Balaban J connectivity index is 1.79. The van der Waals surface area contributed by atoms with Crippen LogP contribution in [0.2, 0.25) is 0 Å². The standard InChI is InChI=1S/C17H28N2O/c1-12-10-16(14(3)20-12)13(2)19-9-5-8-18-17(4,11-19)15-6-7-15/h10,13,15,18H,5-9,11H2,1-4H3. The summed E-state index contributed by atoms with van der Waals surface area (Å²) in [6.07, 6.45) is 4.04. The molecule has 1 aliphatic heterocycles. The fourth-order valence-corrected chi connectivity index (χ4v) is 3.80. The van der Waals surface area contributed by atoms with Crippen molar-refractivity contribution >= 4 is 0 Å². The topological polar surface area (TPSA) is 28.4 Å². The van der Waals surface area contributed by atoms with Crippen molar-refractivity contribution in [1.29, 1.82) is 0 Å². The van der Waals surface area contributed by atoms with Crippen molar-refractivity contribution in [1.82, 2.24) is 10.2 Å². The maximum atomic E-state index is 5.73. The molecule has 2 fully saturated rings. The molecule has 1 aromatic heterocycles. The third-order valence-electron chi connectivity index (χ3n) is 5.24. The Hall–Kier alpha value is -0.800. The predicted molar refractivity (Wildman–Crippen MR) is 81.9 cm³/mol. The Morgan fingerprint density at radius 2 is 2.15 bits per heavy atom. The van der Waals surface area contributed by atoms with Gasteiger partial charge in [0.1, 0.15) is 11.5 Å². The fourth-order valence-electron chi connectivity index (χ4n) is 3.80. The molecule has 3 rings (SSSR count). The summed E-state index contributed by atoms with van der Waals surface area (Å²) in [5.41, 5.74) is 1.67. The van der Waals surface area contributed by atoms with Crippen LogP contribution >= 0.6 is 0 Å². The van der Waals surface area contributed by atoms with Gasteiger partial charge in [-0.15, -0.1) is 0 Å². The summed E-state index contributed by atoms with van der Waals surface area (Å²) in [6, 6.07) is 2.66. The largest absolute Gasteiger partial charge is 0.466 e. The van der Waals surface area contributed by atoms with Gasteiger partial charge in [0, 0.05) is 30.2 Å². The summed E-state index contributed by atoms with van der Waals surface area (Å²) in [7, 11) is 0. The Labute approximate surface area is 122 Å². The van der Waals surface area contributed by atoms with E-state index in [1.165, 1.54) is 31.4 Å². The Bertz CT molecular complexity index is 477. The van der Waals surface area contributed by atoms with Crippen molar-refractivity contribution in [3.63, 3.8) is 0 Å². The second-order valence-electron chi connectivity index (χ2n) is 6.99. The third kappa shape index (κ3) is 2.66. The van der Waals surface area contributed by atoms with E-state index >= 15 is 0 Å². The molecule has 2 aliphatic rings. The van der Waals surface area contributed by atoms with Gasteiger partial charge in [-0.1, -0.05) is 0 Å². The Morgan fingerprint density at radius 3 is 2.75 bits per heavy atom. The van der Waals surface area contributed by atoms with E-state index in [9.17, 15) is 0 Å². The number of furan rings is 1. The SMILES string of the molecule is Cc1cc(C(C)N2CCCNC(C)(C3CC3)C2)c(C)o1. The molecule has 112 valence electrons. The Morgan fingerprint density at radius 1 is 1.40 bits per heavy atom. The van der Waals surface area contributed by atoms with Gasteiger partial charge < -0.3 is 9.73 Å². The molecule has 0 bridgehead atoms. The molecule has 2 atom stereocenters. The molecule has 20 heavy (non-hydrogen) atoms. The van der Waals surface area contributed by atoms with Gasteiger partial charge in [-0.2, -0.15) is 0 Å². The summed E-state index contributed by atoms with van der Waals surface area (Å²) in [4.78, 5) is 2.65. The van der Waals surface area contributed by atoms with Crippen LogP contribution in [0.15, 0.2) is 10.5 Å². The van der Waals surface area contributed by atoms with Crippen LogP contribution in [0.25, 0.3) is 0 Å². The van der Waals surface area contributed by atoms with Crippen molar-refractivity contribution in [2.75, 3.05) is 19.6 Å². The first-order valence-electron chi connectivity index (χ1n) is 8.05. The van der Waals surface area contributed by atoms with Crippen LogP contribution in [0.5, 0.6) is 0 Å². The van der Waals surface area contributed by atoms with E-state index in [4.69, 9.17) is 4.42 Å². The molecular formula is C17H28N2O. The first kappa shape index (κ1) is 14.2. The minimum atomic E-state index is 0.303. The summed E-state index contributed by atoms with van der Waals surface area (Å²) in [6.45, 7) is 12.4. The van der Waals surface area contributed by atoms with Gasteiger partial charge in [0.2, 0.25) is 0 Å². The van der Waals surface area contributed by atoms with E-state index in [1.807, 2.05) is 6.92 Å². The monoisotopic (exact) mass is 276 g/mol. The molecule has 2 unspecified atom stereocenters. The highest BCUT2D eigenvalue weighted by atomic mass is 16.3. The molecule has 0 radical (unpaired) electrons. The first-order chi connectivity index (χ1) is 9.49. The number of rotatable bonds is 3. The van der Waals surface area contributed by atoms with Gasteiger partial charge in [-0.3, -0.25) is 4.90 Å². The highest BCUT2D eigenvalue weighted by Gasteiger charge is 2.43. The highest BCUT2D eigenvalue weighted by molar-refractivity contribution is 5.24. The average molecular weight is 276 g/mol. The summed E-state index contributed by atoms with van der Waals surface area (Å²) in [5, 5.41) is 3.81. The van der Waals surface area contributed by atoms with E-state index in [-0.39, 0.29) is 0 Å². The second-order valence-corrected chi connectivity index (χ2v) is 6.99. The minimum absolute atomic E-state index is 0.303. The van der Waals surface area contributed by atoms with Gasteiger partial charge >= 0.3 is 0 Å². The van der Waals surface area contributed by atoms with Crippen LogP contribution in [0.1, 0.15) is 56.2 Å². The normalized spacial score (nSPS) is 30.2. The predicted octanol–water partition coefficient (Wildman–Crippen LogP) is 3.42. The first-order valence-corrected chi connectivity index (χ1v) is 8.05. The molecule has 0 amide bonds. The molecule has 1 saturated carbocycles. The summed E-state index contributed by atoms with van der Waals surface area (Å²) >= 11 is 0. The zero-order valence-electron chi connectivity index (χ0n) is 13.3. The minimum Gasteiger partial charge on any atom is -0.466 e. The van der Waals surface area contributed by atoms with Crippen molar-refractivity contribution in [2.45, 2.75) is 58.5 Å². The van der Waals surface area contributed by atoms with Crippen LogP contribution in [-0.4, -0.2) is 30.1 Å². The lowest BCUT2D eigenvalue weighted by atomic mass is 9.94. The smallest absolute Gasteiger partial charge is 0.105 e. The van der Waals surface area contributed by atoms with E-state index in [0.717, 1.165) is 30.5 Å². The van der Waals surface area contributed by atoms with Crippen molar-refractivity contribution < 1.29 is 4.42 Å².